The summed E-state index contributed by atoms with van der Waals surface area (Å²) in [6.45, 7) is 7.65. The number of ether oxygens (including phenoxy) is 2. The third-order valence-corrected chi connectivity index (χ3v) is 7.25. The molecule has 0 radical (unpaired) electrons. The van der Waals surface area contributed by atoms with Crippen LogP contribution in [0.2, 0.25) is 0 Å². The Bertz CT molecular complexity index is 1110. The number of imidazole rings is 1. The quantitative estimate of drug-likeness (QED) is 0.447. The van der Waals surface area contributed by atoms with Crippen LogP contribution in [0.15, 0.2) is 53.7 Å². The number of aromatic nitrogens is 2. The number of benzene rings is 2. The maximum atomic E-state index is 13.6. The van der Waals surface area contributed by atoms with Crippen molar-refractivity contribution in [3.05, 3.63) is 71.0 Å². The van der Waals surface area contributed by atoms with E-state index in [4.69, 9.17) is 14.5 Å². The van der Waals surface area contributed by atoms with Crippen molar-refractivity contribution in [2.45, 2.75) is 56.7 Å². The van der Waals surface area contributed by atoms with Crippen molar-refractivity contribution in [2.75, 3.05) is 19.0 Å². The predicted octanol–water partition coefficient (Wildman–Crippen LogP) is 5.47. The van der Waals surface area contributed by atoms with Crippen LogP contribution in [-0.4, -0.2) is 35.3 Å². The SMILES string of the molecule is COc1ccc(C)cc1NC(=O)[C@@H](Sc1nc(C)c(C)n1C[C@@H]1CCCO1)c1ccccc1. The Hall–Kier alpha value is -2.77. The summed E-state index contributed by atoms with van der Waals surface area (Å²) in [5.74, 6) is 0.523. The van der Waals surface area contributed by atoms with Crippen LogP contribution in [-0.2, 0) is 16.1 Å². The summed E-state index contributed by atoms with van der Waals surface area (Å²) >= 11 is 1.48. The van der Waals surface area contributed by atoms with Crippen LogP contribution < -0.4 is 10.1 Å². The van der Waals surface area contributed by atoms with E-state index in [0.717, 1.165) is 53.7 Å². The van der Waals surface area contributed by atoms with E-state index in [-0.39, 0.29) is 12.0 Å². The number of aryl methyl sites for hydroxylation is 2. The summed E-state index contributed by atoms with van der Waals surface area (Å²) in [5, 5.41) is 3.45. The molecule has 1 saturated heterocycles. The number of nitrogens with zero attached hydrogens (tertiary/aromatic N) is 2. The van der Waals surface area contributed by atoms with Gasteiger partial charge < -0.3 is 19.4 Å². The third-order valence-electron chi connectivity index (χ3n) is 6.01. The third kappa shape index (κ3) is 5.42. The normalized spacial score (nSPS) is 16.5. The second-order valence-corrected chi connectivity index (χ2v) is 9.48. The molecule has 174 valence electrons. The highest BCUT2D eigenvalue weighted by molar-refractivity contribution is 8.00. The molecule has 0 aliphatic carbocycles. The molecule has 2 heterocycles. The van der Waals surface area contributed by atoms with Crippen molar-refractivity contribution in [1.29, 1.82) is 0 Å². The number of hydrogen-bond acceptors (Lipinski definition) is 5. The van der Waals surface area contributed by atoms with E-state index in [9.17, 15) is 4.79 Å². The van der Waals surface area contributed by atoms with Gasteiger partial charge in [-0.2, -0.15) is 0 Å². The van der Waals surface area contributed by atoms with E-state index in [0.29, 0.717) is 11.4 Å². The molecule has 1 N–H and O–H groups in total. The van der Waals surface area contributed by atoms with E-state index < -0.39 is 5.25 Å². The highest BCUT2D eigenvalue weighted by Gasteiger charge is 2.27. The predicted molar refractivity (Wildman–Crippen MR) is 132 cm³/mol. The minimum absolute atomic E-state index is 0.114. The number of amides is 1. The molecule has 1 aliphatic rings. The molecule has 1 fully saturated rings. The van der Waals surface area contributed by atoms with Crippen molar-refractivity contribution in [3.8, 4) is 5.75 Å². The summed E-state index contributed by atoms with van der Waals surface area (Å²) in [6.07, 6.45) is 2.33. The van der Waals surface area contributed by atoms with Crippen LogP contribution in [0.4, 0.5) is 5.69 Å². The van der Waals surface area contributed by atoms with E-state index >= 15 is 0 Å². The fraction of sp³-hybridized carbons (Fsp3) is 0.385. The molecule has 1 aliphatic heterocycles. The minimum atomic E-state index is -0.471. The van der Waals surface area contributed by atoms with Crippen LogP contribution in [0.1, 0.15) is 40.6 Å². The van der Waals surface area contributed by atoms with Gasteiger partial charge in [-0.05, 0) is 56.9 Å². The summed E-state index contributed by atoms with van der Waals surface area (Å²) in [7, 11) is 1.61. The molecular formula is C26H31N3O3S. The van der Waals surface area contributed by atoms with Crippen molar-refractivity contribution in [2.24, 2.45) is 0 Å². The first-order chi connectivity index (χ1) is 16.0. The number of carbonyl (C=O) groups excluding carboxylic acids is 1. The Morgan fingerprint density at radius 1 is 1.24 bits per heavy atom. The first-order valence-electron chi connectivity index (χ1n) is 11.3. The highest BCUT2D eigenvalue weighted by atomic mass is 32.2. The average molecular weight is 466 g/mol. The van der Waals surface area contributed by atoms with Crippen LogP contribution in [0, 0.1) is 20.8 Å². The Morgan fingerprint density at radius 2 is 2.03 bits per heavy atom. The van der Waals surface area contributed by atoms with Crippen LogP contribution >= 0.6 is 11.8 Å². The van der Waals surface area contributed by atoms with E-state index in [1.807, 2.05) is 62.4 Å². The van der Waals surface area contributed by atoms with Crippen LogP contribution in [0.5, 0.6) is 5.75 Å². The summed E-state index contributed by atoms with van der Waals surface area (Å²) in [4.78, 5) is 18.4. The maximum Gasteiger partial charge on any atom is 0.242 e. The van der Waals surface area contributed by atoms with Gasteiger partial charge in [-0.1, -0.05) is 48.2 Å². The Morgan fingerprint density at radius 3 is 2.73 bits per heavy atom. The number of carbonyl (C=O) groups is 1. The molecule has 0 saturated carbocycles. The lowest BCUT2D eigenvalue weighted by molar-refractivity contribution is -0.115. The Balaban J connectivity index is 1.65. The van der Waals surface area contributed by atoms with Gasteiger partial charge in [0.15, 0.2) is 5.16 Å². The van der Waals surface area contributed by atoms with Crippen molar-refractivity contribution < 1.29 is 14.3 Å². The number of nitrogens with one attached hydrogen (secondary N) is 1. The standard InChI is InChI=1S/C26H31N3O3S/c1-17-12-13-23(31-4)22(15-17)28-25(30)24(20-9-6-5-7-10-20)33-26-27-18(2)19(3)29(26)16-21-11-8-14-32-21/h5-7,9-10,12-13,15,21,24H,8,11,14,16H2,1-4H3,(H,28,30)/t21-,24-/m0/s1. The average Bonchev–Trinajstić information content (AvgIpc) is 3.42. The zero-order valence-corrected chi connectivity index (χ0v) is 20.4. The minimum Gasteiger partial charge on any atom is -0.495 e. The van der Waals surface area contributed by atoms with Gasteiger partial charge in [0, 0.05) is 12.3 Å². The number of anilines is 1. The highest BCUT2D eigenvalue weighted by Crippen LogP contribution is 2.38. The number of thioether (sulfide) groups is 1. The topological polar surface area (TPSA) is 65.4 Å². The largest absolute Gasteiger partial charge is 0.495 e. The first kappa shape index (κ1) is 23.4. The van der Waals surface area contributed by atoms with Gasteiger partial charge in [0.05, 0.1) is 31.1 Å². The molecular weight excluding hydrogens is 434 g/mol. The molecule has 1 amide bonds. The molecule has 2 atom stereocenters. The van der Waals surface area contributed by atoms with Crippen molar-refractivity contribution in [1.82, 2.24) is 9.55 Å². The number of methoxy groups -OCH3 is 1. The number of rotatable bonds is 8. The molecule has 1 aromatic heterocycles. The Kier molecular flexibility index (Phi) is 7.40. The fourth-order valence-electron chi connectivity index (χ4n) is 4.04. The van der Waals surface area contributed by atoms with Crippen LogP contribution in [0.3, 0.4) is 0 Å². The van der Waals surface area contributed by atoms with Crippen LogP contribution in [0.25, 0.3) is 0 Å². The monoisotopic (exact) mass is 465 g/mol. The molecule has 0 bridgehead atoms. The number of hydrogen-bond donors (Lipinski definition) is 1. The lowest BCUT2D eigenvalue weighted by Crippen LogP contribution is -2.21. The van der Waals surface area contributed by atoms with Crippen molar-refractivity contribution in [3.63, 3.8) is 0 Å². The zero-order valence-electron chi connectivity index (χ0n) is 19.6. The Labute approximate surface area is 199 Å². The summed E-state index contributed by atoms with van der Waals surface area (Å²) in [5.41, 5.74) is 4.73. The van der Waals surface area contributed by atoms with Crippen molar-refractivity contribution >= 4 is 23.4 Å². The second-order valence-electron chi connectivity index (χ2n) is 8.41. The maximum absolute atomic E-state index is 13.6. The molecule has 3 aromatic rings. The smallest absolute Gasteiger partial charge is 0.242 e. The zero-order chi connectivity index (χ0) is 23.4. The van der Waals surface area contributed by atoms with E-state index in [1.165, 1.54) is 11.8 Å². The second kappa shape index (κ2) is 10.4. The van der Waals surface area contributed by atoms with Gasteiger partial charge in [0.25, 0.3) is 0 Å². The van der Waals surface area contributed by atoms with Gasteiger partial charge >= 0.3 is 0 Å². The molecule has 6 nitrogen and oxygen atoms in total. The summed E-state index contributed by atoms with van der Waals surface area (Å²) in [6, 6.07) is 15.6. The molecule has 2 aromatic carbocycles. The molecule has 4 rings (SSSR count). The fourth-order valence-corrected chi connectivity index (χ4v) is 5.24. The van der Waals surface area contributed by atoms with E-state index in [1.54, 1.807) is 7.11 Å². The lowest BCUT2D eigenvalue weighted by Gasteiger charge is -2.20. The lowest BCUT2D eigenvalue weighted by atomic mass is 10.1. The first-order valence-corrected chi connectivity index (χ1v) is 12.2. The molecule has 7 heteroatoms. The van der Waals surface area contributed by atoms with Gasteiger partial charge in [-0.25, -0.2) is 4.98 Å². The molecule has 0 unspecified atom stereocenters. The molecule has 0 spiro atoms. The van der Waals surface area contributed by atoms with E-state index in [2.05, 4.69) is 16.8 Å². The van der Waals surface area contributed by atoms with Gasteiger partial charge in [-0.15, -0.1) is 0 Å². The van der Waals surface area contributed by atoms with Gasteiger partial charge in [-0.3, -0.25) is 4.79 Å². The molecule has 33 heavy (non-hydrogen) atoms. The van der Waals surface area contributed by atoms with Gasteiger partial charge in [0.2, 0.25) is 5.91 Å². The summed E-state index contributed by atoms with van der Waals surface area (Å²) < 4.78 is 13.5. The van der Waals surface area contributed by atoms with Gasteiger partial charge in [0.1, 0.15) is 11.0 Å².